The number of hydrogen-bond donors (Lipinski definition) is 1. The van der Waals surface area contributed by atoms with Crippen LogP contribution in [0.1, 0.15) is 19.8 Å². The number of nitrogens with one attached hydrogen (secondary N) is 1. The Morgan fingerprint density at radius 3 is 2.71 bits per heavy atom. The van der Waals surface area contributed by atoms with Gasteiger partial charge in [0.25, 0.3) is 0 Å². The maximum atomic E-state index is 4.88. The van der Waals surface area contributed by atoms with E-state index in [9.17, 15) is 0 Å². The first-order valence-corrected chi connectivity index (χ1v) is 2.99. The van der Waals surface area contributed by atoms with E-state index in [0.717, 1.165) is 11.4 Å². The Morgan fingerprint density at radius 2 is 2.57 bits per heavy atom. The molecule has 0 radical (unpaired) electrons. The number of thiocarbonyl (C=S) groups is 1. The van der Waals surface area contributed by atoms with Crippen LogP contribution in [0, 0.1) is 0 Å². The van der Waals surface area contributed by atoms with Crippen LogP contribution in [0.4, 0.5) is 0 Å². The van der Waals surface area contributed by atoms with Crippen molar-refractivity contribution in [3.05, 3.63) is 0 Å². The zero-order valence-electron chi connectivity index (χ0n) is 4.40. The summed E-state index contributed by atoms with van der Waals surface area (Å²) in [6, 6.07) is 0.632. The van der Waals surface area contributed by atoms with Gasteiger partial charge in [-0.1, -0.05) is 12.2 Å². The molecule has 0 aliphatic carbocycles. The Bertz CT molecular complexity index is 90.1. The predicted molar refractivity (Wildman–Crippen MR) is 34.4 cm³/mol. The smallest absolute Gasteiger partial charge is 0.0756 e. The Balaban J connectivity index is 2.40. The first kappa shape index (κ1) is 5.04. The normalized spacial score (nSPS) is 30.4. The quantitative estimate of drug-likeness (QED) is 0.474. The van der Waals surface area contributed by atoms with Gasteiger partial charge in [0.05, 0.1) is 4.99 Å². The zero-order valence-corrected chi connectivity index (χ0v) is 5.22. The molecule has 0 saturated carbocycles. The molecule has 1 atom stereocenters. The minimum absolute atomic E-state index is 0.632. The van der Waals surface area contributed by atoms with Crippen molar-refractivity contribution in [3.63, 3.8) is 0 Å². The van der Waals surface area contributed by atoms with Crippen molar-refractivity contribution in [2.24, 2.45) is 0 Å². The van der Waals surface area contributed by atoms with Gasteiger partial charge < -0.3 is 5.32 Å². The molecule has 7 heavy (non-hydrogen) atoms. The first-order valence-electron chi connectivity index (χ1n) is 2.58. The first-order chi connectivity index (χ1) is 3.29. The fourth-order valence-electron chi connectivity index (χ4n) is 0.767. The molecule has 1 heterocycles. The second kappa shape index (κ2) is 1.78. The van der Waals surface area contributed by atoms with Crippen LogP contribution in [0.3, 0.4) is 0 Å². The van der Waals surface area contributed by atoms with E-state index in [1.165, 1.54) is 6.42 Å². The van der Waals surface area contributed by atoms with Crippen molar-refractivity contribution in [2.45, 2.75) is 25.8 Å². The molecule has 0 aromatic rings. The van der Waals surface area contributed by atoms with E-state index in [1.807, 2.05) is 0 Å². The highest BCUT2D eigenvalue weighted by atomic mass is 32.1. The van der Waals surface area contributed by atoms with Crippen molar-refractivity contribution in [2.75, 3.05) is 0 Å². The molecule has 0 amide bonds. The second-order valence-electron chi connectivity index (χ2n) is 2.01. The topological polar surface area (TPSA) is 12.0 Å². The van der Waals surface area contributed by atoms with Crippen LogP contribution in [0.2, 0.25) is 0 Å². The van der Waals surface area contributed by atoms with Gasteiger partial charge in [0, 0.05) is 6.04 Å². The molecule has 0 unspecified atom stereocenters. The molecule has 2 heteroatoms. The average molecular weight is 115 g/mol. The molecule has 0 aromatic carbocycles. The van der Waals surface area contributed by atoms with Crippen molar-refractivity contribution in [3.8, 4) is 0 Å². The fraction of sp³-hybridized carbons (Fsp3) is 0.800. The molecule has 1 nitrogen and oxygen atoms in total. The van der Waals surface area contributed by atoms with Crippen LogP contribution in [0.15, 0.2) is 0 Å². The summed E-state index contributed by atoms with van der Waals surface area (Å²) in [6.45, 7) is 2.15. The Morgan fingerprint density at radius 1 is 1.86 bits per heavy atom. The van der Waals surface area contributed by atoms with Crippen LogP contribution in [-0.2, 0) is 0 Å². The van der Waals surface area contributed by atoms with Crippen molar-refractivity contribution < 1.29 is 0 Å². The number of hydrogen-bond acceptors (Lipinski definition) is 1. The van der Waals surface area contributed by atoms with E-state index >= 15 is 0 Å². The lowest BCUT2D eigenvalue weighted by Crippen LogP contribution is -2.20. The average Bonchev–Trinajstić information content (AvgIpc) is 1.87. The monoisotopic (exact) mass is 115 g/mol. The van der Waals surface area contributed by atoms with Gasteiger partial charge in [-0.15, -0.1) is 0 Å². The van der Waals surface area contributed by atoms with E-state index in [-0.39, 0.29) is 0 Å². The van der Waals surface area contributed by atoms with Gasteiger partial charge in [-0.2, -0.15) is 0 Å². The summed E-state index contributed by atoms with van der Waals surface area (Å²) in [5, 5.41) is 3.15. The van der Waals surface area contributed by atoms with Gasteiger partial charge in [-0.25, -0.2) is 0 Å². The summed E-state index contributed by atoms with van der Waals surface area (Å²) < 4.78 is 0. The fourth-order valence-corrected chi connectivity index (χ4v) is 1.09. The van der Waals surface area contributed by atoms with E-state index in [0.29, 0.717) is 6.04 Å². The zero-order chi connectivity index (χ0) is 5.28. The van der Waals surface area contributed by atoms with Crippen LogP contribution >= 0.6 is 12.2 Å². The van der Waals surface area contributed by atoms with Crippen LogP contribution in [0.5, 0.6) is 0 Å². The maximum absolute atomic E-state index is 4.88. The third-order valence-electron chi connectivity index (χ3n) is 1.21. The molecule has 1 aliphatic rings. The highest BCUT2D eigenvalue weighted by molar-refractivity contribution is 7.80. The third kappa shape index (κ3) is 1.13. The highest BCUT2D eigenvalue weighted by Gasteiger charge is 2.11. The third-order valence-corrected chi connectivity index (χ3v) is 1.53. The van der Waals surface area contributed by atoms with Crippen LogP contribution < -0.4 is 5.32 Å². The lowest BCUT2D eigenvalue weighted by Gasteiger charge is -1.97. The molecule has 0 bridgehead atoms. The SMILES string of the molecule is C[C@H]1CCC(=S)N1. The molecule has 1 rings (SSSR count). The minimum atomic E-state index is 0.632. The predicted octanol–water partition coefficient (Wildman–Crippen LogP) is 1.09. The van der Waals surface area contributed by atoms with Crippen LogP contribution in [0.25, 0.3) is 0 Å². The molecule has 0 spiro atoms. The molecule has 1 fully saturated rings. The van der Waals surface area contributed by atoms with E-state index in [1.54, 1.807) is 0 Å². The standard InChI is InChI=1S/C5H9NS/c1-4-2-3-5(7)6-4/h4H,2-3H2,1H3,(H,6,7)/t4-/m0/s1. The minimum Gasteiger partial charge on any atom is -0.377 e. The van der Waals surface area contributed by atoms with Crippen molar-refractivity contribution in [1.29, 1.82) is 0 Å². The van der Waals surface area contributed by atoms with Crippen molar-refractivity contribution in [1.82, 2.24) is 5.32 Å². The highest BCUT2D eigenvalue weighted by Crippen LogP contribution is 2.05. The molecular formula is C5H9NS. The largest absolute Gasteiger partial charge is 0.377 e. The second-order valence-corrected chi connectivity index (χ2v) is 2.50. The Hall–Kier alpha value is -0.110. The summed E-state index contributed by atoms with van der Waals surface area (Å²) in [6.07, 6.45) is 2.31. The van der Waals surface area contributed by atoms with Gasteiger partial charge in [0.1, 0.15) is 0 Å². The lowest BCUT2D eigenvalue weighted by atomic mass is 10.3. The summed E-state index contributed by atoms with van der Waals surface area (Å²) in [5.41, 5.74) is 0. The van der Waals surface area contributed by atoms with Gasteiger partial charge in [-0.3, -0.25) is 0 Å². The number of rotatable bonds is 0. The van der Waals surface area contributed by atoms with Crippen molar-refractivity contribution >= 4 is 17.2 Å². The Kier molecular flexibility index (Phi) is 1.28. The maximum Gasteiger partial charge on any atom is 0.0756 e. The lowest BCUT2D eigenvalue weighted by molar-refractivity contribution is 0.692. The van der Waals surface area contributed by atoms with Gasteiger partial charge in [0.15, 0.2) is 0 Å². The summed E-state index contributed by atoms with van der Waals surface area (Å²) in [5.74, 6) is 0. The van der Waals surface area contributed by atoms with Gasteiger partial charge in [0.2, 0.25) is 0 Å². The summed E-state index contributed by atoms with van der Waals surface area (Å²) in [7, 11) is 0. The van der Waals surface area contributed by atoms with Gasteiger partial charge in [-0.05, 0) is 19.8 Å². The van der Waals surface area contributed by atoms with E-state index in [2.05, 4.69) is 12.2 Å². The van der Waals surface area contributed by atoms with Gasteiger partial charge >= 0.3 is 0 Å². The molecule has 0 aromatic heterocycles. The molecule has 1 aliphatic heterocycles. The van der Waals surface area contributed by atoms with Crippen LogP contribution in [-0.4, -0.2) is 11.0 Å². The summed E-state index contributed by atoms with van der Waals surface area (Å²) >= 11 is 4.88. The molecule has 1 saturated heterocycles. The van der Waals surface area contributed by atoms with E-state index < -0.39 is 0 Å². The molecular weight excluding hydrogens is 106 g/mol. The Labute approximate surface area is 49.1 Å². The van der Waals surface area contributed by atoms with E-state index in [4.69, 9.17) is 12.2 Å². The molecule has 1 N–H and O–H groups in total. The molecule has 40 valence electrons. The summed E-state index contributed by atoms with van der Waals surface area (Å²) in [4.78, 5) is 1.03.